The second-order valence-corrected chi connectivity index (χ2v) is 5.08. The zero-order valence-electron chi connectivity index (χ0n) is 10.3. The molecule has 0 aliphatic heterocycles. The summed E-state index contributed by atoms with van der Waals surface area (Å²) in [5, 5.41) is 3.69. The molecule has 1 fully saturated rings. The molecule has 0 saturated heterocycles. The Bertz CT molecular complexity index is 429. The van der Waals surface area contributed by atoms with E-state index in [4.69, 9.17) is 22.1 Å². The summed E-state index contributed by atoms with van der Waals surface area (Å²) in [6.45, 7) is 0.225. The second-order valence-electron chi connectivity index (χ2n) is 4.64. The maximum atomic E-state index is 11.9. The third-order valence-corrected chi connectivity index (χ3v) is 3.44. The molecule has 1 saturated carbocycles. The Kier molecular flexibility index (Phi) is 3.90. The van der Waals surface area contributed by atoms with Crippen molar-refractivity contribution >= 4 is 17.5 Å². The molecule has 4 nitrogen and oxygen atoms in total. The van der Waals surface area contributed by atoms with Crippen molar-refractivity contribution < 1.29 is 9.53 Å². The lowest BCUT2D eigenvalue weighted by atomic mass is 10.0. The Hall–Kier alpha value is -1.10. The fourth-order valence-electron chi connectivity index (χ4n) is 1.96. The average Bonchev–Trinajstić information content (AvgIpc) is 3.11. The van der Waals surface area contributed by atoms with Crippen LogP contribution in [0.2, 0.25) is 5.02 Å². The van der Waals surface area contributed by atoms with Crippen molar-refractivity contribution in [1.82, 2.24) is 5.32 Å². The normalized spacial score (nSPS) is 18.2. The number of amides is 1. The number of carbonyl (C=O) groups is 1. The van der Waals surface area contributed by atoms with Gasteiger partial charge in [-0.05, 0) is 30.5 Å². The molecule has 0 spiro atoms. The number of hydrogen-bond donors (Lipinski definition) is 2. The Morgan fingerprint density at radius 2 is 2.11 bits per heavy atom. The van der Waals surface area contributed by atoms with Gasteiger partial charge in [0.05, 0.1) is 12.1 Å². The van der Waals surface area contributed by atoms with Crippen LogP contribution in [0.1, 0.15) is 18.4 Å². The van der Waals surface area contributed by atoms with Gasteiger partial charge in [0.2, 0.25) is 5.91 Å². The number of carbonyl (C=O) groups excluding carboxylic acids is 1. The van der Waals surface area contributed by atoms with Gasteiger partial charge in [0.1, 0.15) is 6.04 Å². The van der Waals surface area contributed by atoms with Gasteiger partial charge in [-0.25, -0.2) is 0 Å². The maximum absolute atomic E-state index is 11.9. The van der Waals surface area contributed by atoms with Gasteiger partial charge in [0.15, 0.2) is 0 Å². The van der Waals surface area contributed by atoms with Crippen LogP contribution in [0, 0.1) is 0 Å². The van der Waals surface area contributed by atoms with E-state index in [2.05, 4.69) is 5.32 Å². The lowest BCUT2D eigenvalue weighted by Crippen LogP contribution is -2.47. The molecule has 0 bridgehead atoms. The SMILES string of the molecule is COCC(N)C(=O)NC1(c2ccc(Cl)cc2)CC1. The van der Waals surface area contributed by atoms with Crippen molar-refractivity contribution in [1.29, 1.82) is 0 Å². The van der Waals surface area contributed by atoms with Crippen molar-refractivity contribution in [2.45, 2.75) is 24.4 Å². The number of benzene rings is 1. The van der Waals surface area contributed by atoms with Crippen molar-refractivity contribution in [3.63, 3.8) is 0 Å². The average molecular weight is 269 g/mol. The quantitative estimate of drug-likeness (QED) is 0.849. The summed E-state index contributed by atoms with van der Waals surface area (Å²) >= 11 is 5.86. The van der Waals surface area contributed by atoms with Gasteiger partial charge in [-0.1, -0.05) is 23.7 Å². The van der Waals surface area contributed by atoms with E-state index >= 15 is 0 Å². The lowest BCUT2D eigenvalue weighted by molar-refractivity contribution is -0.124. The molecular weight excluding hydrogens is 252 g/mol. The molecule has 0 heterocycles. The molecule has 1 aliphatic carbocycles. The van der Waals surface area contributed by atoms with Gasteiger partial charge in [-0.2, -0.15) is 0 Å². The van der Waals surface area contributed by atoms with Crippen molar-refractivity contribution in [3.8, 4) is 0 Å². The first kappa shape index (κ1) is 13.3. The largest absolute Gasteiger partial charge is 0.383 e. The van der Waals surface area contributed by atoms with Crippen LogP contribution in [0.4, 0.5) is 0 Å². The lowest BCUT2D eigenvalue weighted by Gasteiger charge is -2.20. The third-order valence-electron chi connectivity index (χ3n) is 3.19. The monoisotopic (exact) mass is 268 g/mol. The van der Waals surface area contributed by atoms with Crippen LogP contribution in [-0.2, 0) is 15.1 Å². The highest BCUT2D eigenvalue weighted by Crippen LogP contribution is 2.45. The minimum Gasteiger partial charge on any atom is -0.383 e. The van der Waals surface area contributed by atoms with Crippen LogP contribution in [0.25, 0.3) is 0 Å². The van der Waals surface area contributed by atoms with Crippen LogP contribution in [0.15, 0.2) is 24.3 Å². The van der Waals surface area contributed by atoms with Crippen LogP contribution >= 0.6 is 11.6 Å². The zero-order valence-corrected chi connectivity index (χ0v) is 11.0. The molecule has 3 N–H and O–H groups in total. The minimum atomic E-state index is -0.625. The van der Waals surface area contributed by atoms with Gasteiger partial charge in [0.25, 0.3) is 0 Å². The first-order valence-corrected chi connectivity index (χ1v) is 6.28. The molecule has 1 aromatic carbocycles. The van der Waals surface area contributed by atoms with Crippen molar-refractivity contribution in [2.75, 3.05) is 13.7 Å². The molecule has 1 atom stereocenters. The highest BCUT2D eigenvalue weighted by molar-refractivity contribution is 6.30. The fourth-order valence-corrected chi connectivity index (χ4v) is 2.09. The van der Waals surface area contributed by atoms with E-state index in [9.17, 15) is 4.79 Å². The van der Waals surface area contributed by atoms with E-state index in [0.29, 0.717) is 5.02 Å². The first-order chi connectivity index (χ1) is 8.57. The van der Waals surface area contributed by atoms with Gasteiger partial charge in [-0.3, -0.25) is 4.79 Å². The summed E-state index contributed by atoms with van der Waals surface area (Å²) in [5.74, 6) is -0.177. The number of rotatable bonds is 5. The van der Waals surface area contributed by atoms with Crippen LogP contribution in [0.3, 0.4) is 0 Å². The van der Waals surface area contributed by atoms with Gasteiger partial charge in [0, 0.05) is 12.1 Å². The molecule has 1 amide bonds. The second kappa shape index (κ2) is 5.26. The van der Waals surface area contributed by atoms with Crippen molar-refractivity contribution in [3.05, 3.63) is 34.9 Å². The number of nitrogens with two attached hydrogens (primary N) is 1. The molecule has 5 heteroatoms. The number of hydrogen-bond acceptors (Lipinski definition) is 3. The summed E-state index contributed by atoms with van der Waals surface area (Å²) in [6, 6.07) is 6.92. The van der Waals surface area contributed by atoms with Crippen LogP contribution in [-0.4, -0.2) is 25.7 Å². The van der Waals surface area contributed by atoms with E-state index in [1.54, 1.807) is 0 Å². The number of halogens is 1. The summed E-state index contributed by atoms with van der Waals surface area (Å²) in [6.07, 6.45) is 1.86. The smallest absolute Gasteiger partial charge is 0.239 e. The summed E-state index contributed by atoms with van der Waals surface area (Å²) in [4.78, 5) is 11.9. The Morgan fingerprint density at radius 1 is 1.50 bits per heavy atom. The standard InChI is InChI=1S/C13H17ClN2O2/c1-18-8-11(15)12(17)16-13(6-7-13)9-2-4-10(14)5-3-9/h2-5,11H,6-8,15H2,1H3,(H,16,17). The van der Waals surface area contributed by atoms with Gasteiger partial charge in [-0.15, -0.1) is 0 Å². The molecular formula is C13H17ClN2O2. The summed E-state index contributed by atoms with van der Waals surface area (Å²) in [5.41, 5.74) is 6.52. The summed E-state index contributed by atoms with van der Waals surface area (Å²) in [7, 11) is 1.53. The van der Waals surface area contributed by atoms with Crippen LogP contribution < -0.4 is 11.1 Å². The van der Waals surface area contributed by atoms with Gasteiger partial charge < -0.3 is 15.8 Å². The summed E-state index contributed by atoms with van der Waals surface area (Å²) < 4.78 is 4.88. The topological polar surface area (TPSA) is 64.3 Å². The maximum Gasteiger partial charge on any atom is 0.239 e. The highest BCUT2D eigenvalue weighted by Gasteiger charge is 2.46. The van der Waals surface area contributed by atoms with E-state index in [1.165, 1.54) is 7.11 Å². The number of ether oxygens (including phenoxy) is 1. The van der Waals surface area contributed by atoms with E-state index in [0.717, 1.165) is 18.4 Å². The Balaban J connectivity index is 2.04. The van der Waals surface area contributed by atoms with E-state index < -0.39 is 6.04 Å². The molecule has 2 rings (SSSR count). The number of methoxy groups -OCH3 is 1. The predicted octanol–water partition coefficient (Wildman–Crippen LogP) is 1.42. The molecule has 1 aliphatic rings. The predicted molar refractivity (Wildman–Crippen MR) is 70.4 cm³/mol. The third kappa shape index (κ3) is 2.83. The molecule has 98 valence electrons. The highest BCUT2D eigenvalue weighted by atomic mass is 35.5. The zero-order chi connectivity index (χ0) is 13.2. The first-order valence-electron chi connectivity index (χ1n) is 5.90. The Morgan fingerprint density at radius 3 is 2.61 bits per heavy atom. The molecule has 0 aromatic heterocycles. The number of nitrogens with one attached hydrogen (secondary N) is 1. The minimum absolute atomic E-state index is 0.177. The Labute approximate surface area is 111 Å². The van der Waals surface area contributed by atoms with E-state index in [-0.39, 0.29) is 18.1 Å². The van der Waals surface area contributed by atoms with Gasteiger partial charge >= 0.3 is 0 Å². The molecule has 0 radical (unpaired) electrons. The van der Waals surface area contributed by atoms with E-state index in [1.807, 2.05) is 24.3 Å². The van der Waals surface area contributed by atoms with Crippen molar-refractivity contribution in [2.24, 2.45) is 5.73 Å². The van der Waals surface area contributed by atoms with Crippen LogP contribution in [0.5, 0.6) is 0 Å². The molecule has 18 heavy (non-hydrogen) atoms. The molecule has 1 unspecified atom stereocenters. The fraction of sp³-hybridized carbons (Fsp3) is 0.462. The molecule has 1 aromatic rings.